The molecule has 1 fully saturated rings. The van der Waals surface area contributed by atoms with Crippen LogP contribution in [0.2, 0.25) is 5.02 Å². The number of hydrogen-bond acceptors (Lipinski definition) is 5. The molecule has 0 radical (unpaired) electrons. The lowest BCUT2D eigenvalue weighted by Gasteiger charge is -2.27. The van der Waals surface area contributed by atoms with Crippen LogP contribution in [-0.2, 0) is 9.59 Å². The fraction of sp³-hybridized carbons (Fsp3) is 0.0588. The summed E-state index contributed by atoms with van der Waals surface area (Å²) in [6, 6.07) is 4.63. The maximum atomic E-state index is 12.6. The van der Waals surface area contributed by atoms with Gasteiger partial charge < -0.3 is 4.42 Å². The first kappa shape index (κ1) is 17.1. The quantitative estimate of drug-likeness (QED) is 0.386. The maximum Gasteiger partial charge on any atom is 0.265 e. The van der Waals surface area contributed by atoms with Crippen molar-refractivity contribution in [2.24, 2.45) is 0 Å². The Morgan fingerprint density at radius 2 is 2.08 bits per heavy atom. The fourth-order valence-electron chi connectivity index (χ4n) is 2.36. The summed E-state index contributed by atoms with van der Waals surface area (Å²) >= 11 is 10.9. The average molecular weight is 375 g/mol. The number of hydrogen-bond donors (Lipinski definition) is 1. The molecule has 0 saturated carbocycles. The van der Waals surface area contributed by atoms with E-state index in [9.17, 15) is 14.4 Å². The topological polar surface area (TPSA) is 79.6 Å². The Bertz CT molecular complexity index is 1020. The van der Waals surface area contributed by atoms with E-state index in [-0.39, 0.29) is 28.2 Å². The second-order valence-corrected chi connectivity index (χ2v) is 6.01. The van der Waals surface area contributed by atoms with E-state index in [0.29, 0.717) is 10.6 Å². The lowest BCUT2D eigenvalue weighted by molar-refractivity contribution is -0.128. The molecule has 1 aromatic carbocycles. The number of benzene rings is 1. The Hall–Kier alpha value is -2.77. The highest BCUT2D eigenvalue weighted by atomic mass is 35.5. The molecule has 0 atom stereocenters. The summed E-state index contributed by atoms with van der Waals surface area (Å²) in [5, 5.41) is 3.03. The zero-order chi connectivity index (χ0) is 18.1. The molecule has 126 valence electrons. The van der Waals surface area contributed by atoms with Gasteiger partial charge in [-0.1, -0.05) is 17.7 Å². The molecule has 25 heavy (non-hydrogen) atoms. The van der Waals surface area contributed by atoms with E-state index in [1.165, 1.54) is 29.4 Å². The Labute approximate surface area is 152 Å². The Balaban J connectivity index is 2.11. The molecule has 0 unspecified atom stereocenters. The van der Waals surface area contributed by atoms with Crippen molar-refractivity contribution in [2.75, 3.05) is 6.54 Å². The summed E-state index contributed by atoms with van der Waals surface area (Å²) < 4.78 is 5.38. The number of amides is 2. The molecular weight excluding hydrogens is 364 g/mol. The van der Waals surface area contributed by atoms with Crippen molar-refractivity contribution in [1.29, 1.82) is 0 Å². The summed E-state index contributed by atoms with van der Waals surface area (Å²) in [6.45, 7) is 3.68. The van der Waals surface area contributed by atoms with Gasteiger partial charge in [0.25, 0.3) is 11.8 Å². The molecular formula is C17H11ClN2O4S. The summed E-state index contributed by atoms with van der Waals surface area (Å²) in [7, 11) is 0. The first-order valence-electron chi connectivity index (χ1n) is 7.13. The van der Waals surface area contributed by atoms with Gasteiger partial charge in [-0.3, -0.25) is 24.6 Å². The third-order valence-corrected chi connectivity index (χ3v) is 4.12. The second kappa shape index (κ2) is 6.62. The minimum Gasteiger partial charge on any atom is -0.463 e. The van der Waals surface area contributed by atoms with Crippen molar-refractivity contribution in [3.8, 4) is 0 Å². The number of thiocarbonyl (C=S) groups is 1. The second-order valence-electron chi connectivity index (χ2n) is 5.18. The van der Waals surface area contributed by atoms with Crippen molar-refractivity contribution in [1.82, 2.24) is 10.2 Å². The lowest BCUT2D eigenvalue weighted by Crippen LogP contribution is -2.53. The van der Waals surface area contributed by atoms with E-state index in [4.69, 9.17) is 28.2 Å². The van der Waals surface area contributed by atoms with E-state index in [2.05, 4.69) is 11.9 Å². The van der Waals surface area contributed by atoms with Gasteiger partial charge in [0.2, 0.25) is 0 Å². The number of carbonyl (C=O) groups excluding carboxylic acids is 2. The van der Waals surface area contributed by atoms with Gasteiger partial charge in [0.1, 0.15) is 17.4 Å². The standard InChI is InChI=1S/C17H11ClN2O4S/c1-2-5-20-16(23)12(15(22)19-17(20)25)6-9-8-24-13-4-3-10(18)7-11(13)14(9)21/h2-4,6-8H,1,5H2,(H,19,22,25). The minimum atomic E-state index is -0.680. The lowest BCUT2D eigenvalue weighted by atomic mass is 10.1. The van der Waals surface area contributed by atoms with Crippen LogP contribution in [0.4, 0.5) is 0 Å². The molecule has 8 heteroatoms. The van der Waals surface area contributed by atoms with Gasteiger partial charge in [-0.2, -0.15) is 0 Å². The monoisotopic (exact) mass is 374 g/mol. The van der Waals surface area contributed by atoms with Crippen LogP contribution in [0.3, 0.4) is 0 Å². The van der Waals surface area contributed by atoms with Gasteiger partial charge in [-0.25, -0.2) is 0 Å². The third-order valence-electron chi connectivity index (χ3n) is 3.56. The Kier molecular flexibility index (Phi) is 4.52. The molecule has 3 rings (SSSR count). The molecule has 2 aromatic rings. The van der Waals surface area contributed by atoms with Crippen LogP contribution in [-0.4, -0.2) is 28.4 Å². The summed E-state index contributed by atoms with van der Waals surface area (Å²) in [5.41, 5.74) is -0.213. The molecule has 0 spiro atoms. The SMILES string of the molecule is C=CCN1C(=O)C(=Cc2coc3ccc(Cl)cc3c2=O)C(=O)NC1=S. The van der Waals surface area contributed by atoms with Crippen LogP contribution >= 0.6 is 23.8 Å². The van der Waals surface area contributed by atoms with E-state index in [1.54, 1.807) is 12.1 Å². The van der Waals surface area contributed by atoms with Gasteiger partial charge in [0, 0.05) is 11.6 Å². The van der Waals surface area contributed by atoms with E-state index < -0.39 is 17.2 Å². The number of carbonyl (C=O) groups is 2. The largest absolute Gasteiger partial charge is 0.463 e. The van der Waals surface area contributed by atoms with Gasteiger partial charge in [0.15, 0.2) is 10.5 Å². The Morgan fingerprint density at radius 3 is 2.80 bits per heavy atom. The average Bonchev–Trinajstić information content (AvgIpc) is 2.57. The zero-order valence-corrected chi connectivity index (χ0v) is 14.3. The normalized spacial score (nSPS) is 16.4. The number of halogens is 1. The summed E-state index contributed by atoms with van der Waals surface area (Å²) in [4.78, 5) is 38.3. The maximum absolute atomic E-state index is 12.6. The molecule has 2 amide bonds. The highest BCUT2D eigenvalue weighted by Gasteiger charge is 2.32. The predicted octanol–water partition coefficient (Wildman–Crippen LogP) is 2.26. The van der Waals surface area contributed by atoms with Crippen LogP contribution in [0.1, 0.15) is 5.56 Å². The molecule has 2 heterocycles. The van der Waals surface area contributed by atoms with Crippen LogP contribution in [0.15, 0.2) is 51.9 Å². The highest BCUT2D eigenvalue weighted by molar-refractivity contribution is 7.80. The van der Waals surface area contributed by atoms with E-state index in [0.717, 1.165) is 0 Å². The molecule has 1 aliphatic rings. The number of rotatable bonds is 3. The van der Waals surface area contributed by atoms with Crippen LogP contribution < -0.4 is 10.7 Å². The van der Waals surface area contributed by atoms with Crippen LogP contribution in [0.25, 0.3) is 17.0 Å². The first-order valence-corrected chi connectivity index (χ1v) is 7.92. The molecule has 1 aromatic heterocycles. The molecule has 6 nitrogen and oxygen atoms in total. The van der Waals surface area contributed by atoms with Crippen LogP contribution in [0.5, 0.6) is 0 Å². The highest BCUT2D eigenvalue weighted by Crippen LogP contribution is 2.19. The van der Waals surface area contributed by atoms with Crippen molar-refractivity contribution in [2.45, 2.75) is 0 Å². The number of nitrogens with zero attached hydrogens (tertiary/aromatic N) is 1. The minimum absolute atomic E-state index is 0.00984. The summed E-state index contributed by atoms with van der Waals surface area (Å²) in [6.07, 6.45) is 3.85. The van der Waals surface area contributed by atoms with Crippen molar-refractivity contribution >= 4 is 57.8 Å². The molecule has 1 saturated heterocycles. The van der Waals surface area contributed by atoms with Gasteiger partial charge in [-0.15, -0.1) is 6.58 Å². The molecule has 0 aliphatic carbocycles. The van der Waals surface area contributed by atoms with Gasteiger partial charge in [-0.05, 0) is 36.5 Å². The third kappa shape index (κ3) is 3.11. The van der Waals surface area contributed by atoms with Crippen molar-refractivity contribution in [3.63, 3.8) is 0 Å². The number of nitrogens with one attached hydrogen (secondary N) is 1. The van der Waals surface area contributed by atoms with Crippen molar-refractivity contribution in [3.05, 3.63) is 63.5 Å². The Morgan fingerprint density at radius 1 is 1.32 bits per heavy atom. The predicted molar refractivity (Wildman–Crippen MR) is 98.1 cm³/mol. The first-order chi connectivity index (χ1) is 11.9. The molecule has 1 N–H and O–H groups in total. The van der Waals surface area contributed by atoms with Crippen molar-refractivity contribution < 1.29 is 14.0 Å². The molecule has 0 bridgehead atoms. The smallest absolute Gasteiger partial charge is 0.265 e. The van der Waals surface area contributed by atoms with E-state index >= 15 is 0 Å². The summed E-state index contributed by atoms with van der Waals surface area (Å²) in [5.74, 6) is -1.29. The van der Waals surface area contributed by atoms with Gasteiger partial charge >= 0.3 is 0 Å². The molecule has 1 aliphatic heterocycles. The zero-order valence-electron chi connectivity index (χ0n) is 12.7. The van der Waals surface area contributed by atoms with Gasteiger partial charge in [0.05, 0.1) is 10.9 Å². The van der Waals surface area contributed by atoms with Crippen LogP contribution in [0, 0.1) is 0 Å². The number of fused-ring (bicyclic) bond motifs is 1. The van der Waals surface area contributed by atoms with E-state index in [1.807, 2.05) is 0 Å². The fourth-order valence-corrected chi connectivity index (χ4v) is 2.78.